The highest BCUT2D eigenvalue weighted by Gasteiger charge is 2.29. The molecule has 1 heterocycles. The molecular formula is C23H35N3O5S. The number of aliphatic carboxylic acids is 1. The van der Waals surface area contributed by atoms with E-state index in [0.29, 0.717) is 44.4 Å². The van der Waals surface area contributed by atoms with Crippen LogP contribution in [0.1, 0.15) is 38.2 Å². The fraction of sp³-hybridized carbons (Fsp3) is 0.609. The zero-order chi connectivity index (χ0) is 23.3. The van der Waals surface area contributed by atoms with Crippen LogP contribution in [-0.2, 0) is 24.9 Å². The van der Waals surface area contributed by atoms with Gasteiger partial charge in [-0.05, 0) is 30.7 Å². The second kappa shape index (κ2) is 14.1. The van der Waals surface area contributed by atoms with Gasteiger partial charge in [0.25, 0.3) is 0 Å². The summed E-state index contributed by atoms with van der Waals surface area (Å²) in [6.07, 6.45) is 2.47. The molecule has 2 N–H and O–H groups in total. The lowest BCUT2D eigenvalue weighted by Gasteiger charge is -2.29. The minimum Gasteiger partial charge on any atom is -0.480 e. The number of hydrogen-bond acceptors (Lipinski definition) is 6. The van der Waals surface area contributed by atoms with Crippen molar-refractivity contribution in [3.8, 4) is 0 Å². The Morgan fingerprint density at radius 1 is 1.22 bits per heavy atom. The van der Waals surface area contributed by atoms with Gasteiger partial charge in [-0.25, -0.2) is 0 Å². The number of carboxylic acids is 1. The molecule has 8 nitrogen and oxygen atoms in total. The smallest absolute Gasteiger partial charge is 0.323 e. The zero-order valence-corrected chi connectivity index (χ0v) is 19.8. The molecule has 2 rings (SSSR count). The average Bonchev–Trinajstić information content (AvgIpc) is 2.78. The van der Waals surface area contributed by atoms with Gasteiger partial charge in [-0.3, -0.25) is 19.1 Å². The zero-order valence-electron chi connectivity index (χ0n) is 19.0. The molecule has 1 unspecified atom stereocenters. The van der Waals surface area contributed by atoms with E-state index in [4.69, 9.17) is 4.74 Å². The van der Waals surface area contributed by atoms with Gasteiger partial charge in [-0.2, -0.15) is 0 Å². The number of carboxylic acid groups (broad SMARTS) is 1. The molecule has 0 aliphatic carbocycles. The van der Waals surface area contributed by atoms with Crippen LogP contribution in [0.15, 0.2) is 30.3 Å². The molecule has 1 aliphatic heterocycles. The third kappa shape index (κ3) is 9.18. The number of nitrogens with one attached hydrogen (secondary N) is 1. The number of amides is 2. The molecule has 2 amide bonds. The van der Waals surface area contributed by atoms with Gasteiger partial charge in [0, 0.05) is 39.1 Å². The van der Waals surface area contributed by atoms with Crippen molar-refractivity contribution in [1.82, 2.24) is 14.5 Å². The molecule has 1 saturated heterocycles. The van der Waals surface area contributed by atoms with Crippen molar-refractivity contribution in [3.63, 3.8) is 0 Å². The third-order valence-corrected chi connectivity index (χ3v) is 6.34. The quantitative estimate of drug-likeness (QED) is 0.432. The van der Waals surface area contributed by atoms with Crippen LogP contribution in [0.2, 0.25) is 0 Å². The molecule has 1 aromatic carbocycles. The van der Waals surface area contributed by atoms with Gasteiger partial charge < -0.3 is 19.6 Å². The van der Waals surface area contributed by atoms with Gasteiger partial charge in [-0.15, -0.1) is 0 Å². The van der Waals surface area contributed by atoms with Gasteiger partial charge in [0.1, 0.15) is 12.6 Å². The monoisotopic (exact) mass is 465 g/mol. The SMILES string of the molecule is CCCN(CC(=O)O)C(=O)C(CC(=O)N(C)CC1CCOCC1)NSCc1ccccc1. The lowest BCUT2D eigenvalue weighted by atomic mass is 9.99. The van der Waals surface area contributed by atoms with E-state index in [1.54, 1.807) is 11.9 Å². The predicted octanol–water partition coefficient (Wildman–Crippen LogP) is 2.39. The van der Waals surface area contributed by atoms with Crippen LogP contribution >= 0.6 is 11.9 Å². The Hall–Kier alpha value is -2.10. The summed E-state index contributed by atoms with van der Waals surface area (Å²) in [5, 5.41) is 9.21. The average molecular weight is 466 g/mol. The van der Waals surface area contributed by atoms with E-state index in [1.807, 2.05) is 37.3 Å². The summed E-state index contributed by atoms with van der Waals surface area (Å²) in [5.74, 6) is -0.526. The number of rotatable bonds is 13. The van der Waals surface area contributed by atoms with E-state index in [-0.39, 0.29) is 24.8 Å². The maximum atomic E-state index is 13.2. The van der Waals surface area contributed by atoms with Gasteiger partial charge in [0.05, 0.1) is 6.42 Å². The number of carbonyl (C=O) groups excluding carboxylic acids is 2. The van der Waals surface area contributed by atoms with Crippen LogP contribution in [-0.4, -0.2) is 78.6 Å². The van der Waals surface area contributed by atoms with Crippen LogP contribution in [0.4, 0.5) is 0 Å². The molecule has 0 radical (unpaired) electrons. The highest BCUT2D eigenvalue weighted by molar-refractivity contribution is 7.96. The molecule has 32 heavy (non-hydrogen) atoms. The van der Waals surface area contributed by atoms with Gasteiger partial charge >= 0.3 is 5.97 Å². The molecule has 0 spiro atoms. The van der Waals surface area contributed by atoms with Gasteiger partial charge in [-0.1, -0.05) is 49.2 Å². The van der Waals surface area contributed by atoms with E-state index in [0.717, 1.165) is 18.4 Å². The third-order valence-electron chi connectivity index (χ3n) is 5.41. The predicted molar refractivity (Wildman–Crippen MR) is 125 cm³/mol. The van der Waals surface area contributed by atoms with Crippen molar-refractivity contribution in [1.29, 1.82) is 0 Å². The van der Waals surface area contributed by atoms with Crippen molar-refractivity contribution in [2.75, 3.05) is 39.9 Å². The summed E-state index contributed by atoms with van der Waals surface area (Å²) in [5.41, 5.74) is 1.09. The standard InChI is InChI=1S/C23H35N3O5S/c1-3-11-26(16-22(28)29)23(30)20(24-32-17-19-7-5-4-6-8-19)14-21(27)25(2)15-18-9-12-31-13-10-18/h4-8,18,20,24H,3,9-17H2,1-2H3,(H,28,29). The molecule has 1 aliphatic rings. The first-order valence-electron chi connectivity index (χ1n) is 11.1. The first kappa shape index (κ1) is 26.2. The van der Waals surface area contributed by atoms with E-state index < -0.39 is 12.0 Å². The summed E-state index contributed by atoms with van der Waals surface area (Å²) in [4.78, 5) is 40.3. The van der Waals surface area contributed by atoms with Crippen molar-refractivity contribution >= 4 is 29.7 Å². The van der Waals surface area contributed by atoms with Crippen LogP contribution in [0.25, 0.3) is 0 Å². The fourth-order valence-electron chi connectivity index (χ4n) is 3.65. The Bertz CT molecular complexity index is 728. The molecule has 1 fully saturated rings. The number of benzene rings is 1. The summed E-state index contributed by atoms with van der Waals surface area (Å²) in [7, 11) is 1.76. The summed E-state index contributed by atoms with van der Waals surface area (Å²) in [6.45, 7) is 3.91. The van der Waals surface area contributed by atoms with Crippen molar-refractivity contribution in [2.45, 2.75) is 44.4 Å². The highest BCUT2D eigenvalue weighted by atomic mass is 32.2. The molecule has 178 valence electrons. The van der Waals surface area contributed by atoms with E-state index in [2.05, 4.69) is 4.72 Å². The molecular weight excluding hydrogens is 430 g/mol. The van der Waals surface area contributed by atoms with Gasteiger partial charge in [0.15, 0.2) is 0 Å². The van der Waals surface area contributed by atoms with Crippen LogP contribution in [0.3, 0.4) is 0 Å². The first-order chi connectivity index (χ1) is 15.4. The second-order valence-corrected chi connectivity index (χ2v) is 8.95. The molecule has 1 aromatic rings. The Labute approximate surface area is 194 Å². The lowest BCUT2D eigenvalue weighted by molar-refractivity contribution is -0.146. The highest BCUT2D eigenvalue weighted by Crippen LogP contribution is 2.17. The molecule has 1 atom stereocenters. The van der Waals surface area contributed by atoms with Crippen LogP contribution in [0, 0.1) is 5.92 Å². The number of ether oxygens (including phenoxy) is 1. The number of hydrogen-bond donors (Lipinski definition) is 2. The molecule has 0 saturated carbocycles. The number of nitrogens with zero attached hydrogens (tertiary/aromatic N) is 2. The van der Waals surface area contributed by atoms with Crippen molar-refractivity contribution in [2.24, 2.45) is 5.92 Å². The summed E-state index contributed by atoms with van der Waals surface area (Å²) >= 11 is 1.35. The fourth-order valence-corrected chi connectivity index (χ4v) is 4.48. The minimum absolute atomic E-state index is 0.0137. The second-order valence-electron chi connectivity index (χ2n) is 8.13. The number of carbonyl (C=O) groups is 3. The van der Waals surface area contributed by atoms with Crippen molar-refractivity contribution < 1.29 is 24.2 Å². The lowest BCUT2D eigenvalue weighted by Crippen LogP contribution is -2.49. The molecule has 0 bridgehead atoms. The topological polar surface area (TPSA) is 99.2 Å². The van der Waals surface area contributed by atoms with E-state index >= 15 is 0 Å². The minimum atomic E-state index is -1.06. The summed E-state index contributed by atoms with van der Waals surface area (Å²) in [6, 6.07) is 9.03. The maximum Gasteiger partial charge on any atom is 0.323 e. The summed E-state index contributed by atoms with van der Waals surface area (Å²) < 4.78 is 8.52. The van der Waals surface area contributed by atoms with Crippen molar-refractivity contribution in [3.05, 3.63) is 35.9 Å². The van der Waals surface area contributed by atoms with Crippen LogP contribution < -0.4 is 4.72 Å². The normalized spacial score (nSPS) is 15.2. The molecule has 9 heteroatoms. The van der Waals surface area contributed by atoms with Gasteiger partial charge in [0.2, 0.25) is 11.8 Å². The van der Waals surface area contributed by atoms with E-state index in [9.17, 15) is 19.5 Å². The van der Waals surface area contributed by atoms with E-state index in [1.165, 1.54) is 16.8 Å². The maximum absolute atomic E-state index is 13.2. The largest absolute Gasteiger partial charge is 0.480 e. The van der Waals surface area contributed by atoms with Crippen LogP contribution in [0.5, 0.6) is 0 Å². The Morgan fingerprint density at radius 2 is 1.91 bits per heavy atom. The Balaban J connectivity index is 2.02. The first-order valence-corrected chi connectivity index (χ1v) is 12.1. The Kier molecular flexibility index (Phi) is 11.5. The Morgan fingerprint density at radius 3 is 2.53 bits per heavy atom. The molecule has 0 aromatic heterocycles.